The van der Waals surface area contributed by atoms with Crippen molar-refractivity contribution in [2.24, 2.45) is 0 Å². The fourth-order valence-corrected chi connectivity index (χ4v) is 3.01. The van der Waals surface area contributed by atoms with Crippen molar-refractivity contribution in [2.45, 2.75) is 6.42 Å². The molecule has 1 aromatic heterocycles. The summed E-state index contributed by atoms with van der Waals surface area (Å²) in [6.45, 7) is 0.747. The van der Waals surface area contributed by atoms with E-state index in [0.717, 1.165) is 10.9 Å². The third-order valence-electron chi connectivity index (χ3n) is 3.66. The summed E-state index contributed by atoms with van der Waals surface area (Å²) in [7, 11) is 1.53. The minimum Gasteiger partial charge on any atom is -0.452 e. The van der Waals surface area contributed by atoms with Crippen molar-refractivity contribution in [3.05, 3.63) is 56.3 Å². The molecule has 2 N–H and O–H groups in total. The number of nitro benzene ring substituents is 1. The number of benzene rings is 1. The summed E-state index contributed by atoms with van der Waals surface area (Å²) in [5.41, 5.74) is 0.104. The number of hydrogen-bond acceptors (Lipinski definition) is 8. The van der Waals surface area contributed by atoms with E-state index in [9.17, 15) is 19.7 Å². The molecule has 150 valence electrons. The number of ether oxygens (including phenoxy) is 2. The molecule has 10 heteroatoms. The average Bonchev–Trinajstić information content (AvgIpc) is 3.20. The van der Waals surface area contributed by atoms with E-state index in [0.29, 0.717) is 31.8 Å². The molecule has 0 aliphatic heterocycles. The molecule has 28 heavy (non-hydrogen) atoms. The minimum atomic E-state index is -0.822. The molecule has 0 unspecified atom stereocenters. The third kappa shape index (κ3) is 6.63. The van der Waals surface area contributed by atoms with E-state index < -0.39 is 23.4 Å². The van der Waals surface area contributed by atoms with Crippen LogP contribution in [0.25, 0.3) is 0 Å². The smallest absolute Gasteiger partial charge is 0.341 e. The fourth-order valence-electron chi connectivity index (χ4n) is 2.30. The molecular weight excluding hydrogens is 386 g/mol. The topological polar surface area (TPSA) is 120 Å². The summed E-state index contributed by atoms with van der Waals surface area (Å²) in [6.07, 6.45) is 0.690. The quantitative estimate of drug-likeness (QED) is 0.254. The Morgan fingerprint density at radius 1 is 1.25 bits per heavy atom. The van der Waals surface area contributed by atoms with Crippen LogP contribution in [0.5, 0.6) is 0 Å². The Labute approximate surface area is 165 Å². The van der Waals surface area contributed by atoms with Gasteiger partial charge in [0.15, 0.2) is 6.61 Å². The molecule has 0 radical (unpaired) electrons. The first kappa shape index (κ1) is 21.3. The maximum absolute atomic E-state index is 12.3. The highest BCUT2D eigenvalue weighted by atomic mass is 32.1. The maximum Gasteiger partial charge on any atom is 0.341 e. The van der Waals surface area contributed by atoms with Crippen LogP contribution in [0.3, 0.4) is 0 Å². The molecule has 0 aliphatic carbocycles. The molecule has 1 aromatic carbocycles. The minimum absolute atomic E-state index is 0.0170. The van der Waals surface area contributed by atoms with Gasteiger partial charge in [0, 0.05) is 42.9 Å². The number of hydrogen-bond donors (Lipinski definition) is 2. The Hall–Kier alpha value is -2.98. The zero-order chi connectivity index (χ0) is 20.4. The highest BCUT2D eigenvalue weighted by molar-refractivity contribution is 7.09. The molecular formula is C18H21N3O6S. The number of non-ortho nitro benzene ring substituents is 1. The number of esters is 1. The van der Waals surface area contributed by atoms with E-state index >= 15 is 0 Å². The Balaban J connectivity index is 1.92. The summed E-state index contributed by atoms with van der Waals surface area (Å²) in [5.74, 6) is -1.26. The molecule has 0 atom stereocenters. The van der Waals surface area contributed by atoms with Crippen molar-refractivity contribution in [1.82, 2.24) is 5.32 Å². The van der Waals surface area contributed by atoms with Gasteiger partial charge < -0.3 is 20.1 Å². The average molecular weight is 407 g/mol. The fraction of sp³-hybridized carbons (Fsp3) is 0.333. The van der Waals surface area contributed by atoms with E-state index in [1.807, 2.05) is 17.5 Å². The molecule has 0 fully saturated rings. The van der Waals surface area contributed by atoms with E-state index in [1.165, 1.54) is 19.2 Å². The molecule has 0 saturated carbocycles. The lowest BCUT2D eigenvalue weighted by molar-refractivity contribution is -0.384. The predicted octanol–water partition coefficient (Wildman–Crippen LogP) is 2.23. The van der Waals surface area contributed by atoms with Crippen LogP contribution in [0.2, 0.25) is 0 Å². The first-order chi connectivity index (χ1) is 13.5. The van der Waals surface area contributed by atoms with Crippen molar-refractivity contribution < 1.29 is 24.0 Å². The van der Waals surface area contributed by atoms with E-state index in [1.54, 1.807) is 11.3 Å². The number of methoxy groups -OCH3 is 1. The van der Waals surface area contributed by atoms with Crippen molar-refractivity contribution >= 4 is 34.6 Å². The van der Waals surface area contributed by atoms with Crippen LogP contribution in [0, 0.1) is 10.1 Å². The SMILES string of the molecule is COCCNc1ccc([N+](=O)[O-])cc1C(=O)OCC(=O)NCCc1cccs1. The van der Waals surface area contributed by atoms with Gasteiger partial charge in [-0.3, -0.25) is 14.9 Å². The number of thiophene rings is 1. The summed E-state index contributed by atoms with van der Waals surface area (Å²) in [5, 5.41) is 18.5. The molecule has 9 nitrogen and oxygen atoms in total. The lowest BCUT2D eigenvalue weighted by atomic mass is 10.1. The molecule has 0 spiro atoms. The number of carbonyl (C=O) groups is 2. The molecule has 1 amide bonds. The summed E-state index contributed by atoms with van der Waals surface area (Å²) >= 11 is 1.60. The van der Waals surface area contributed by atoms with Crippen LogP contribution < -0.4 is 10.6 Å². The van der Waals surface area contributed by atoms with Gasteiger partial charge in [-0.1, -0.05) is 6.07 Å². The van der Waals surface area contributed by atoms with Crippen LogP contribution in [0.4, 0.5) is 11.4 Å². The highest BCUT2D eigenvalue weighted by Crippen LogP contribution is 2.23. The van der Waals surface area contributed by atoms with Crippen LogP contribution in [-0.4, -0.2) is 50.2 Å². The van der Waals surface area contributed by atoms with Crippen LogP contribution in [0.15, 0.2) is 35.7 Å². The largest absolute Gasteiger partial charge is 0.452 e. The van der Waals surface area contributed by atoms with Gasteiger partial charge in [-0.05, 0) is 23.9 Å². The molecule has 0 bridgehead atoms. The number of amides is 1. The first-order valence-electron chi connectivity index (χ1n) is 8.48. The normalized spacial score (nSPS) is 10.3. The van der Waals surface area contributed by atoms with Crippen LogP contribution in [0.1, 0.15) is 15.2 Å². The molecule has 1 heterocycles. The predicted molar refractivity (Wildman–Crippen MR) is 105 cm³/mol. The van der Waals surface area contributed by atoms with Crippen molar-refractivity contribution in [3.8, 4) is 0 Å². The lowest BCUT2D eigenvalue weighted by Crippen LogP contribution is -2.30. The molecule has 2 rings (SSSR count). The molecule has 0 aliphatic rings. The van der Waals surface area contributed by atoms with Gasteiger partial charge in [-0.2, -0.15) is 0 Å². The monoisotopic (exact) mass is 407 g/mol. The van der Waals surface area contributed by atoms with Crippen LogP contribution in [-0.2, 0) is 20.7 Å². The summed E-state index contributed by atoms with van der Waals surface area (Å²) in [6, 6.07) is 7.72. The second-order valence-corrected chi connectivity index (χ2v) is 6.69. The first-order valence-corrected chi connectivity index (χ1v) is 9.36. The lowest BCUT2D eigenvalue weighted by Gasteiger charge is -2.11. The van der Waals surface area contributed by atoms with Gasteiger partial charge in [0.1, 0.15) is 0 Å². The second-order valence-electron chi connectivity index (χ2n) is 5.66. The number of nitro groups is 1. The molecule has 2 aromatic rings. The summed E-state index contributed by atoms with van der Waals surface area (Å²) < 4.78 is 9.95. The zero-order valence-corrected chi connectivity index (χ0v) is 16.1. The van der Waals surface area contributed by atoms with E-state index in [4.69, 9.17) is 9.47 Å². The number of nitrogens with one attached hydrogen (secondary N) is 2. The van der Waals surface area contributed by atoms with Gasteiger partial charge in [0.2, 0.25) is 0 Å². The Morgan fingerprint density at radius 2 is 2.07 bits per heavy atom. The number of carbonyl (C=O) groups excluding carboxylic acids is 2. The van der Waals surface area contributed by atoms with Gasteiger partial charge in [0.05, 0.1) is 17.1 Å². The van der Waals surface area contributed by atoms with Gasteiger partial charge in [-0.25, -0.2) is 4.79 Å². The van der Waals surface area contributed by atoms with Crippen molar-refractivity contribution in [2.75, 3.05) is 38.7 Å². The maximum atomic E-state index is 12.3. The Kier molecular flexibility index (Phi) is 8.37. The van der Waals surface area contributed by atoms with Gasteiger partial charge in [0.25, 0.3) is 11.6 Å². The van der Waals surface area contributed by atoms with Crippen LogP contribution >= 0.6 is 11.3 Å². The summed E-state index contributed by atoms with van der Waals surface area (Å²) in [4.78, 5) is 35.7. The number of nitrogens with zero attached hydrogens (tertiary/aromatic N) is 1. The second kappa shape index (κ2) is 11.0. The Morgan fingerprint density at radius 3 is 2.75 bits per heavy atom. The standard InChI is InChI=1S/C18H21N3O6S/c1-26-9-8-19-16-5-4-13(21(24)25)11-15(16)18(23)27-12-17(22)20-7-6-14-3-2-10-28-14/h2-5,10-11,19H,6-9,12H2,1H3,(H,20,22). The molecule has 0 saturated heterocycles. The third-order valence-corrected chi connectivity index (χ3v) is 4.60. The van der Waals surface area contributed by atoms with E-state index in [2.05, 4.69) is 10.6 Å². The number of rotatable bonds is 11. The van der Waals surface area contributed by atoms with Gasteiger partial charge in [-0.15, -0.1) is 11.3 Å². The number of anilines is 1. The van der Waals surface area contributed by atoms with Crippen molar-refractivity contribution in [3.63, 3.8) is 0 Å². The van der Waals surface area contributed by atoms with Gasteiger partial charge >= 0.3 is 5.97 Å². The highest BCUT2D eigenvalue weighted by Gasteiger charge is 2.19. The Bertz CT molecular complexity index is 810. The van der Waals surface area contributed by atoms with Crippen molar-refractivity contribution in [1.29, 1.82) is 0 Å². The van der Waals surface area contributed by atoms with E-state index in [-0.39, 0.29) is 11.3 Å². The zero-order valence-electron chi connectivity index (χ0n) is 15.3.